The van der Waals surface area contributed by atoms with Crippen LogP contribution >= 0.6 is 0 Å². The number of nitriles is 1. The second-order valence-corrected chi connectivity index (χ2v) is 11.7. The minimum absolute atomic E-state index is 0.0466. The van der Waals surface area contributed by atoms with Crippen LogP contribution in [0.1, 0.15) is 48.2 Å². The first-order chi connectivity index (χ1) is 19.2. The van der Waals surface area contributed by atoms with E-state index in [1.165, 1.54) is 15.9 Å². The molecule has 8 nitrogen and oxygen atoms in total. The third-order valence-corrected chi connectivity index (χ3v) is 9.75. The third kappa shape index (κ3) is 3.23. The molecule has 2 aromatic carbocycles. The zero-order chi connectivity index (χ0) is 28.0. The van der Waals surface area contributed by atoms with Gasteiger partial charge in [-0.3, -0.25) is 14.4 Å². The van der Waals surface area contributed by atoms with Crippen molar-refractivity contribution < 1.29 is 23.2 Å². The van der Waals surface area contributed by atoms with Gasteiger partial charge in [0.25, 0.3) is 5.91 Å². The summed E-state index contributed by atoms with van der Waals surface area (Å²) in [5.74, 6) is -2.44. The lowest BCUT2D eigenvalue weighted by Gasteiger charge is -2.36. The molecule has 1 unspecified atom stereocenters. The van der Waals surface area contributed by atoms with Crippen LogP contribution < -0.4 is 5.32 Å². The monoisotopic (exact) mass is 543 g/mol. The number of nitrogens with zero attached hydrogens (tertiary/aromatic N) is 3. The van der Waals surface area contributed by atoms with Crippen molar-refractivity contribution in [3.05, 3.63) is 65.4 Å². The predicted octanol–water partition coefficient (Wildman–Crippen LogP) is 4.09. The lowest BCUT2D eigenvalue weighted by Crippen LogP contribution is -2.55. The molecule has 4 atom stereocenters. The van der Waals surface area contributed by atoms with Gasteiger partial charge in [-0.25, -0.2) is 8.78 Å². The number of benzene rings is 2. The first-order valence-corrected chi connectivity index (χ1v) is 13.6. The van der Waals surface area contributed by atoms with E-state index in [1.807, 2.05) is 24.3 Å². The van der Waals surface area contributed by atoms with E-state index >= 15 is 0 Å². The number of carbonyl (C=O) groups is 3. The summed E-state index contributed by atoms with van der Waals surface area (Å²) >= 11 is 0. The lowest BCUT2D eigenvalue weighted by atomic mass is 9.79. The number of carbonyl (C=O) groups excluding carboxylic acids is 3. The highest BCUT2D eigenvalue weighted by atomic mass is 19.1. The molecule has 0 radical (unpaired) electrons. The van der Waals surface area contributed by atoms with Gasteiger partial charge in [-0.05, 0) is 42.0 Å². The highest BCUT2D eigenvalue weighted by molar-refractivity contribution is 6.08. The zero-order valence-electron chi connectivity index (χ0n) is 21.8. The van der Waals surface area contributed by atoms with Crippen molar-refractivity contribution in [1.29, 1.82) is 5.26 Å². The summed E-state index contributed by atoms with van der Waals surface area (Å²) in [6, 6.07) is 11.9. The molecule has 3 amide bonds. The molecule has 7 rings (SSSR count). The van der Waals surface area contributed by atoms with Crippen molar-refractivity contribution in [2.24, 2.45) is 11.8 Å². The van der Waals surface area contributed by atoms with Gasteiger partial charge in [0, 0.05) is 37.2 Å². The van der Waals surface area contributed by atoms with Gasteiger partial charge in [-0.2, -0.15) is 5.26 Å². The molecule has 3 aromatic rings. The van der Waals surface area contributed by atoms with Crippen molar-refractivity contribution in [3.63, 3.8) is 0 Å². The number of rotatable bonds is 4. The molecule has 0 bridgehead atoms. The Morgan fingerprint density at radius 1 is 1.15 bits per heavy atom. The van der Waals surface area contributed by atoms with Crippen LogP contribution in [0.5, 0.6) is 0 Å². The highest BCUT2D eigenvalue weighted by Gasteiger charge is 2.70. The van der Waals surface area contributed by atoms with E-state index in [4.69, 9.17) is 0 Å². The highest BCUT2D eigenvalue weighted by Crippen LogP contribution is 2.59. The Balaban J connectivity index is 1.25. The van der Waals surface area contributed by atoms with E-state index in [2.05, 4.69) is 16.4 Å². The normalized spacial score (nSPS) is 28.8. The van der Waals surface area contributed by atoms with Gasteiger partial charge in [-0.15, -0.1) is 0 Å². The average molecular weight is 544 g/mol. The number of anilines is 1. The van der Waals surface area contributed by atoms with Crippen molar-refractivity contribution in [1.82, 2.24) is 14.8 Å². The van der Waals surface area contributed by atoms with Crippen LogP contribution in [0, 0.1) is 34.8 Å². The van der Waals surface area contributed by atoms with Gasteiger partial charge in [0.05, 0.1) is 17.0 Å². The largest absolute Gasteiger partial charge is 0.350 e. The van der Waals surface area contributed by atoms with Crippen LogP contribution in [0.25, 0.3) is 10.9 Å². The molecule has 4 aliphatic rings. The van der Waals surface area contributed by atoms with Crippen molar-refractivity contribution in [2.75, 3.05) is 18.9 Å². The standard InChI is InChI=1S/C30H27F2N5O3/c1-36(26(38)25-11-19-22(32)9-17(31)10-24(19)34-25)30(13-21(30)16-5-4-6-16)28(40)37-15-29(12-18(37)14-33)20-7-2-3-8-23(20)35-27(29)39/h2-3,7-11,16,18,21,34H,4-6,12-13,15H2,1H3,(H,35,39)/t18-,21+,29-,30?/m0/s1. The van der Waals surface area contributed by atoms with Crippen LogP contribution in [-0.2, 0) is 15.0 Å². The SMILES string of the molecule is CN(C(=O)c1cc2c(F)cc(F)cc2[nH]1)C1(C(=O)N2C[C@]3(C[C@H]2C#N)C(=O)Nc2ccccc23)C[C@@H]1C1CCC1. The first-order valence-electron chi connectivity index (χ1n) is 13.6. The molecule has 2 N–H and O–H groups in total. The molecule has 1 spiro atoms. The number of amides is 3. The van der Waals surface area contributed by atoms with Crippen molar-refractivity contribution in [3.8, 4) is 6.07 Å². The quantitative estimate of drug-likeness (QED) is 0.517. The van der Waals surface area contributed by atoms with E-state index in [0.717, 1.165) is 37.0 Å². The Bertz CT molecular complexity index is 1660. The fourth-order valence-electron chi connectivity index (χ4n) is 7.30. The second kappa shape index (κ2) is 8.37. The number of aromatic amines is 1. The molecule has 2 saturated carbocycles. The van der Waals surface area contributed by atoms with Gasteiger partial charge in [0.1, 0.15) is 28.9 Å². The number of likely N-dealkylation sites (N-methyl/N-ethyl adjacent to an activating group) is 1. The minimum Gasteiger partial charge on any atom is -0.350 e. The molecule has 40 heavy (non-hydrogen) atoms. The molecule has 3 heterocycles. The van der Waals surface area contributed by atoms with Crippen molar-refractivity contribution in [2.45, 2.75) is 49.1 Å². The van der Waals surface area contributed by atoms with E-state index in [0.29, 0.717) is 12.1 Å². The number of hydrogen-bond donors (Lipinski definition) is 2. The number of aromatic nitrogens is 1. The van der Waals surface area contributed by atoms with Crippen LogP contribution in [0.4, 0.5) is 14.5 Å². The fraction of sp³-hybridized carbons (Fsp3) is 0.400. The topological polar surface area (TPSA) is 109 Å². The average Bonchev–Trinajstić information content (AvgIpc) is 3.20. The number of likely N-dealkylation sites (tertiary alicyclic amines) is 1. The summed E-state index contributed by atoms with van der Waals surface area (Å²) < 4.78 is 28.2. The Kier molecular flexibility index (Phi) is 5.18. The molecule has 10 heteroatoms. The van der Waals surface area contributed by atoms with Crippen molar-refractivity contribution >= 4 is 34.3 Å². The number of halogens is 2. The lowest BCUT2D eigenvalue weighted by molar-refractivity contribution is -0.138. The summed E-state index contributed by atoms with van der Waals surface area (Å²) in [6.45, 7) is 0.0466. The summed E-state index contributed by atoms with van der Waals surface area (Å²) in [5, 5.41) is 13.1. The Hall–Kier alpha value is -4.26. The summed E-state index contributed by atoms with van der Waals surface area (Å²) in [6.07, 6.45) is 3.60. The van der Waals surface area contributed by atoms with Gasteiger partial charge in [0.15, 0.2) is 0 Å². The van der Waals surface area contributed by atoms with Crippen LogP contribution in [-0.4, -0.2) is 57.7 Å². The molecule has 3 fully saturated rings. The molecular weight excluding hydrogens is 516 g/mol. The molecule has 204 valence electrons. The summed E-state index contributed by atoms with van der Waals surface area (Å²) in [7, 11) is 1.56. The number of hydrogen-bond acceptors (Lipinski definition) is 4. The Morgan fingerprint density at radius 3 is 2.65 bits per heavy atom. The third-order valence-electron chi connectivity index (χ3n) is 9.75. The minimum atomic E-state index is -1.18. The number of H-pyrrole nitrogens is 1. The predicted molar refractivity (Wildman–Crippen MR) is 141 cm³/mol. The maximum Gasteiger partial charge on any atom is 0.270 e. The Labute approximate surface area is 228 Å². The van der Waals surface area contributed by atoms with Gasteiger partial charge in [-0.1, -0.05) is 37.5 Å². The smallest absolute Gasteiger partial charge is 0.270 e. The molecule has 1 saturated heterocycles. The second-order valence-electron chi connectivity index (χ2n) is 11.7. The molecule has 2 aliphatic heterocycles. The van der Waals surface area contributed by atoms with Crippen LogP contribution in [0.15, 0.2) is 42.5 Å². The van der Waals surface area contributed by atoms with Gasteiger partial charge in [0.2, 0.25) is 11.8 Å². The van der Waals surface area contributed by atoms with E-state index in [9.17, 15) is 28.4 Å². The zero-order valence-corrected chi connectivity index (χ0v) is 21.8. The number of fused-ring (bicyclic) bond motifs is 3. The maximum absolute atomic E-state index is 14.5. The van der Waals surface area contributed by atoms with Gasteiger partial charge >= 0.3 is 0 Å². The fourth-order valence-corrected chi connectivity index (χ4v) is 7.30. The maximum atomic E-state index is 14.5. The van der Waals surface area contributed by atoms with Crippen LogP contribution in [0.2, 0.25) is 0 Å². The summed E-state index contributed by atoms with van der Waals surface area (Å²) in [4.78, 5) is 47.3. The van der Waals surface area contributed by atoms with E-state index in [1.54, 1.807) is 7.05 Å². The molecular formula is C30H27F2N5O3. The Morgan fingerprint density at radius 2 is 1.93 bits per heavy atom. The number of para-hydroxylation sites is 1. The summed E-state index contributed by atoms with van der Waals surface area (Å²) in [5.41, 5.74) is -0.561. The molecule has 2 aliphatic carbocycles. The van der Waals surface area contributed by atoms with Crippen LogP contribution in [0.3, 0.4) is 0 Å². The van der Waals surface area contributed by atoms with Gasteiger partial charge < -0.3 is 20.1 Å². The first kappa shape index (κ1) is 24.8. The number of nitrogens with one attached hydrogen (secondary N) is 2. The molecule has 1 aromatic heterocycles. The van der Waals surface area contributed by atoms with E-state index in [-0.39, 0.29) is 53.2 Å². The van der Waals surface area contributed by atoms with E-state index < -0.39 is 34.5 Å².